The van der Waals surface area contributed by atoms with Gasteiger partial charge in [0.25, 0.3) is 0 Å². The summed E-state index contributed by atoms with van der Waals surface area (Å²) in [6.07, 6.45) is 1.06. The van der Waals surface area contributed by atoms with Crippen molar-refractivity contribution in [1.29, 1.82) is 0 Å². The van der Waals surface area contributed by atoms with Crippen LogP contribution in [0, 0.1) is 0 Å². The van der Waals surface area contributed by atoms with Gasteiger partial charge in [-0.3, -0.25) is 0 Å². The fraction of sp³-hybridized carbons (Fsp3) is 0.294. The van der Waals surface area contributed by atoms with Gasteiger partial charge >= 0.3 is 0 Å². The first kappa shape index (κ1) is 13.6. The van der Waals surface area contributed by atoms with Crippen molar-refractivity contribution in [2.75, 3.05) is 14.2 Å². The van der Waals surface area contributed by atoms with Gasteiger partial charge < -0.3 is 10.1 Å². The maximum Gasteiger partial charge on any atom is 0.119 e. The second-order valence-electron chi connectivity index (χ2n) is 4.61. The Morgan fingerprint density at radius 3 is 2.63 bits per heavy atom. The van der Waals surface area contributed by atoms with E-state index >= 15 is 0 Å². The summed E-state index contributed by atoms with van der Waals surface area (Å²) < 4.78 is 5.31. The van der Waals surface area contributed by atoms with Crippen LogP contribution in [-0.2, 0) is 13.0 Å². The van der Waals surface area contributed by atoms with Gasteiger partial charge in [-0.2, -0.15) is 0 Å². The van der Waals surface area contributed by atoms with Crippen LogP contribution in [0.2, 0.25) is 0 Å². The van der Waals surface area contributed by atoms with E-state index in [-0.39, 0.29) is 0 Å². The number of rotatable bonds is 5. The third-order valence-corrected chi connectivity index (χ3v) is 3.33. The maximum absolute atomic E-state index is 5.31. The zero-order valence-corrected chi connectivity index (χ0v) is 11.9. The molecule has 19 heavy (non-hydrogen) atoms. The normalized spacial score (nSPS) is 10.5. The Hall–Kier alpha value is -1.80. The zero-order valence-electron chi connectivity index (χ0n) is 11.9. The van der Waals surface area contributed by atoms with Gasteiger partial charge in [0.1, 0.15) is 5.75 Å². The van der Waals surface area contributed by atoms with Crippen LogP contribution in [0.1, 0.15) is 18.1 Å². The van der Waals surface area contributed by atoms with Crippen LogP contribution < -0.4 is 10.1 Å². The molecule has 0 fully saturated rings. The highest BCUT2D eigenvalue weighted by Gasteiger charge is 2.06. The quantitative estimate of drug-likeness (QED) is 0.880. The van der Waals surface area contributed by atoms with Crippen LogP contribution >= 0.6 is 0 Å². The smallest absolute Gasteiger partial charge is 0.119 e. The van der Waals surface area contributed by atoms with Crippen LogP contribution in [0.25, 0.3) is 11.1 Å². The van der Waals surface area contributed by atoms with Gasteiger partial charge in [0.15, 0.2) is 0 Å². The zero-order chi connectivity index (χ0) is 13.7. The summed E-state index contributed by atoms with van der Waals surface area (Å²) in [5.41, 5.74) is 5.16. The first-order valence-corrected chi connectivity index (χ1v) is 6.69. The highest BCUT2D eigenvalue weighted by molar-refractivity contribution is 5.69. The van der Waals surface area contributed by atoms with E-state index < -0.39 is 0 Å². The molecule has 2 aromatic carbocycles. The van der Waals surface area contributed by atoms with Gasteiger partial charge in [-0.15, -0.1) is 0 Å². The van der Waals surface area contributed by atoms with Crippen molar-refractivity contribution in [2.24, 2.45) is 0 Å². The Labute approximate surface area is 115 Å². The summed E-state index contributed by atoms with van der Waals surface area (Å²) in [4.78, 5) is 0. The van der Waals surface area contributed by atoms with E-state index in [1.807, 2.05) is 13.1 Å². The topological polar surface area (TPSA) is 21.3 Å². The van der Waals surface area contributed by atoms with E-state index in [0.717, 1.165) is 18.7 Å². The second kappa shape index (κ2) is 6.39. The van der Waals surface area contributed by atoms with Crippen molar-refractivity contribution < 1.29 is 4.74 Å². The molecule has 0 aliphatic rings. The molecule has 0 aliphatic carbocycles. The Bertz CT molecular complexity index is 549. The predicted octanol–water partition coefficient (Wildman–Crippen LogP) is 3.64. The van der Waals surface area contributed by atoms with Crippen molar-refractivity contribution in [3.63, 3.8) is 0 Å². The molecular formula is C17H21NO. The number of hydrogen-bond acceptors (Lipinski definition) is 2. The van der Waals surface area contributed by atoms with Gasteiger partial charge in [0.2, 0.25) is 0 Å². The van der Waals surface area contributed by atoms with Crippen LogP contribution in [0.15, 0.2) is 42.5 Å². The molecule has 2 rings (SSSR count). The summed E-state index contributed by atoms with van der Waals surface area (Å²) >= 11 is 0. The average Bonchev–Trinajstić information content (AvgIpc) is 2.47. The van der Waals surface area contributed by atoms with Crippen molar-refractivity contribution in [2.45, 2.75) is 19.9 Å². The highest BCUT2D eigenvalue weighted by Crippen LogP contribution is 2.28. The molecule has 1 N–H and O–H groups in total. The minimum absolute atomic E-state index is 0.836. The number of methoxy groups -OCH3 is 1. The lowest BCUT2D eigenvalue weighted by Crippen LogP contribution is -2.06. The molecule has 0 bridgehead atoms. The van der Waals surface area contributed by atoms with E-state index in [1.54, 1.807) is 7.11 Å². The maximum atomic E-state index is 5.31. The standard InChI is InChI=1S/C17H21NO/c1-4-13-6-5-7-14(10-13)17-9-8-16(19-3)11-15(17)12-18-2/h5-11,18H,4,12H2,1-3H3. The van der Waals surface area contributed by atoms with Crippen LogP contribution in [0.5, 0.6) is 5.75 Å². The van der Waals surface area contributed by atoms with Gasteiger partial charge in [0.05, 0.1) is 7.11 Å². The first-order valence-electron chi connectivity index (χ1n) is 6.69. The molecular weight excluding hydrogens is 234 g/mol. The molecule has 2 nitrogen and oxygen atoms in total. The third kappa shape index (κ3) is 3.15. The monoisotopic (exact) mass is 255 g/mol. The molecule has 2 heteroatoms. The molecule has 0 saturated carbocycles. The average molecular weight is 255 g/mol. The Kier molecular flexibility index (Phi) is 4.58. The lowest BCUT2D eigenvalue weighted by molar-refractivity contribution is 0.414. The number of nitrogens with one attached hydrogen (secondary N) is 1. The van der Waals surface area contributed by atoms with E-state index in [1.165, 1.54) is 22.3 Å². The molecule has 0 unspecified atom stereocenters. The van der Waals surface area contributed by atoms with E-state index in [0.29, 0.717) is 0 Å². The number of hydrogen-bond donors (Lipinski definition) is 1. The summed E-state index contributed by atoms with van der Waals surface area (Å²) in [6.45, 7) is 3.02. The minimum atomic E-state index is 0.836. The van der Waals surface area contributed by atoms with Crippen molar-refractivity contribution in [3.05, 3.63) is 53.6 Å². The number of ether oxygens (including phenoxy) is 1. The van der Waals surface area contributed by atoms with Gasteiger partial charge in [-0.25, -0.2) is 0 Å². The largest absolute Gasteiger partial charge is 0.497 e. The van der Waals surface area contributed by atoms with Gasteiger partial charge in [0, 0.05) is 6.54 Å². The predicted molar refractivity (Wildman–Crippen MR) is 80.6 cm³/mol. The van der Waals surface area contributed by atoms with Crippen molar-refractivity contribution in [1.82, 2.24) is 5.32 Å². The van der Waals surface area contributed by atoms with Crippen molar-refractivity contribution in [3.8, 4) is 16.9 Å². The second-order valence-corrected chi connectivity index (χ2v) is 4.61. The number of aryl methyl sites for hydroxylation is 1. The molecule has 0 saturated heterocycles. The van der Waals surface area contributed by atoms with E-state index in [2.05, 4.69) is 48.6 Å². The van der Waals surface area contributed by atoms with Crippen molar-refractivity contribution >= 4 is 0 Å². The minimum Gasteiger partial charge on any atom is -0.497 e. The Morgan fingerprint density at radius 2 is 1.95 bits per heavy atom. The lowest BCUT2D eigenvalue weighted by atomic mass is 9.97. The Morgan fingerprint density at radius 1 is 1.11 bits per heavy atom. The molecule has 0 heterocycles. The molecule has 0 radical (unpaired) electrons. The Balaban J connectivity index is 2.47. The van der Waals surface area contributed by atoms with E-state index in [4.69, 9.17) is 4.74 Å². The van der Waals surface area contributed by atoms with Gasteiger partial charge in [-0.1, -0.05) is 37.3 Å². The third-order valence-electron chi connectivity index (χ3n) is 3.33. The molecule has 0 amide bonds. The summed E-state index contributed by atoms with van der Waals surface area (Å²) in [6, 6.07) is 15.0. The van der Waals surface area contributed by atoms with Crippen LogP contribution in [0.3, 0.4) is 0 Å². The van der Waals surface area contributed by atoms with Crippen LogP contribution in [0.4, 0.5) is 0 Å². The summed E-state index contributed by atoms with van der Waals surface area (Å²) in [7, 11) is 3.67. The molecule has 2 aromatic rings. The first-order chi connectivity index (χ1) is 9.28. The summed E-state index contributed by atoms with van der Waals surface area (Å²) in [5, 5.41) is 3.22. The molecule has 100 valence electrons. The SMILES string of the molecule is CCc1cccc(-c2ccc(OC)cc2CNC)c1. The molecule has 0 aliphatic heterocycles. The fourth-order valence-corrected chi connectivity index (χ4v) is 2.27. The fourth-order valence-electron chi connectivity index (χ4n) is 2.27. The summed E-state index contributed by atoms with van der Waals surface area (Å²) in [5.74, 6) is 0.903. The lowest BCUT2D eigenvalue weighted by Gasteiger charge is -2.12. The number of benzene rings is 2. The van der Waals surface area contributed by atoms with E-state index in [9.17, 15) is 0 Å². The molecule has 0 atom stereocenters. The highest BCUT2D eigenvalue weighted by atomic mass is 16.5. The van der Waals surface area contributed by atoms with Gasteiger partial charge in [-0.05, 0) is 47.9 Å². The molecule has 0 aromatic heterocycles. The molecule has 0 spiro atoms. The van der Waals surface area contributed by atoms with Crippen LogP contribution in [-0.4, -0.2) is 14.2 Å².